The summed E-state index contributed by atoms with van der Waals surface area (Å²) in [4.78, 5) is 6.83. The fourth-order valence-corrected chi connectivity index (χ4v) is 2.85. The van der Waals surface area contributed by atoms with Crippen molar-refractivity contribution >= 4 is 0 Å². The van der Waals surface area contributed by atoms with Crippen molar-refractivity contribution in [2.45, 2.75) is 65.1 Å². The van der Waals surface area contributed by atoms with Crippen LogP contribution in [0.3, 0.4) is 0 Å². The summed E-state index contributed by atoms with van der Waals surface area (Å²) in [6.45, 7) is 6.81. The van der Waals surface area contributed by atoms with Crippen molar-refractivity contribution in [3.63, 3.8) is 0 Å². The van der Waals surface area contributed by atoms with Gasteiger partial charge in [-0.2, -0.15) is 4.98 Å². The van der Waals surface area contributed by atoms with Crippen LogP contribution in [-0.4, -0.2) is 41.8 Å². The molecule has 0 saturated carbocycles. The highest BCUT2D eigenvalue weighted by molar-refractivity contribution is 4.99. The number of hydrogen-bond donors (Lipinski definition) is 0. The second-order valence-corrected chi connectivity index (χ2v) is 5.70. The van der Waals surface area contributed by atoms with Crippen molar-refractivity contribution in [1.82, 2.24) is 35.2 Å². The minimum atomic E-state index is 0.209. The molecule has 1 saturated heterocycles. The number of unbranched alkanes of at least 4 members (excludes halogenated alkanes) is 1. The summed E-state index contributed by atoms with van der Waals surface area (Å²) in [6, 6.07) is 0.209. The van der Waals surface area contributed by atoms with Crippen LogP contribution < -0.4 is 0 Å². The monoisotopic (exact) mass is 305 g/mol. The molecule has 22 heavy (non-hydrogen) atoms. The lowest BCUT2D eigenvalue weighted by Crippen LogP contribution is -2.25. The maximum atomic E-state index is 5.25. The van der Waals surface area contributed by atoms with Gasteiger partial charge in [0.1, 0.15) is 0 Å². The summed E-state index contributed by atoms with van der Waals surface area (Å²) in [5.74, 6) is 2.41. The molecule has 0 aromatic carbocycles. The van der Waals surface area contributed by atoms with Gasteiger partial charge in [-0.25, -0.2) is 4.68 Å². The SMILES string of the molecule is CCCCn1nnnc1CN1CCC[C@@H]1c1noc(CC)n1. The molecule has 8 heteroatoms. The van der Waals surface area contributed by atoms with Gasteiger partial charge in [0.2, 0.25) is 5.89 Å². The molecule has 1 fully saturated rings. The van der Waals surface area contributed by atoms with E-state index in [4.69, 9.17) is 4.52 Å². The van der Waals surface area contributed by atoms with Crippen molar-refractivity contribution in [2.24, 2.45) is 0 Å². The van der Waals surface area contributed by atoms with Crippen LogP contribution in [0.5, 0.6) is 0 Å². The van der Waals surface area contributed by atoms with E-state index >= 15 is 0 Å². The average molecular weight is 305 g/mol. The zero-order chi connectivity index (χ0) is 15.4. The van der Waals surface area contributed by atoms with Gasteiger partial charge in [0, 0.05) is 13.0 Å². The summed E-state index contributed by atoms with van der Waals surface area (Å²) in [5, 5.41) is 16.2. The van der Waals surface area contributed by atoms with Gasteiger partial charge >= 0.3 is 0 Å². The molecule has 1 aliphatic heterocycles. The van der Waals surface area contributed by atoms with Crippen LogP contribution in [0.4, 0.5) is 0 Å². The van der Waals surface area contributed by atoms with E-state index < -0.39 is 0 Å². The highest BCUT2D eigenvalue weighted by atomic mass is 16.5. The summed E-state index contributed by atoms with van der Waals surface area (Å²) < 4.78 is 7.16. The molecule has 1 atom stereocenters. The van der Waals surface area contributed by atoms with Crippen LogP contribution in [-0.2, 0) is 19.5 Å². The standard InChI is InChI=1S/C14H23N7O/c1-3-5-9-21-12(16-18-19-21)10-20-8-6-7-11(20)14-15-13(4-2)22-17-14/h11H,3-10H2,1-2H3/t11-/m1/s1. The van der Waals surface area contributed by atoms with Crippen LogP contribution in [0.2, 0.25) is 0 Å². The molecule has 0 aliphatic carbocycles. The van der Waals surface area contributed by atoms with E-state index in [0.717, 1.165) is 63.4 Å². The molecule has 0 amide bonds. The third kappa shape index (κ3) is 3.16. The first kappa shape index (κ1) is 15.1. The second kappa shape index (κ2) is 6.95. The Kier molecular flexibility index (Phi) is 4.77. The Morgan fingerprint density at radius 2 is 2.23 bits per heavy atom. The molecule has 3 heterocycles. The van der Waals surface area contributed by atoms with Crippen LogP contribution >= 0.6 is 0 Å². The van der Waals surface area contributed by atoms with E-state index in [1.807, 2.05) is 11.6 Å². The number of likely N-dealkylation sites (tertiary alicyclic amines) is 1. The Hall–Kier alpha value is -1.83. The summed E-state index contributed by atoms with van der Waals surface area (Å²) in [5.41, 5.74) is 0. The molecule has 3 rings (SSSR count). The summed E-state index contributed by atoms with van der Waals surface area (Å²) >= 11 is 0. The number of aryl methyl sites for hydroxylation is 2. The Balaban J connectivity index is 1.70. The molecule has 2 aromatic rings. The maximum absolute atomic E-state index is 5.25. The van der Waals surface area contributed by atoms with Crippen molar-refractivity contribution in [2.75, 3.05) is 6.54 Å². The topological polar surface area (TPSA) is 85.8 Å². The molecule has 2 aromatic heterocycles. The molecule has 8 nitrogen and oxygen atoms in total. The minimum Gasteiger partial charge on any atom is -0.339 e. The Bertz CT molecular complexity index is 594. The van der Waals surface area contributed by atoms with Gasteiger partial charge in [-0.3, -0.25) is 4.90 Å². The van der Waals surface area contributed by atoms with E-state index in [1.54, 1.807) is 0 Å². The normalized spacial score (nSPS) is 19.1. The number of tetrazole rings is 1. The molecule has 0 N–H and O–H groups in total. The van der Waals surface area contributed by atoms with Gasteiger partial charge in [0.15, 0.2) is 11.6 Å². The lowest BCUT2D eigenvalue weighted by molar-refractivity contribution is 0.224. The first-order valence-corrected chi connectivity index (χ1v) is 8.13. The van der Waals surface area contributed by atoms with Gasteiger partial charge in [-0.1, -0.05) is 25.4 Å². The zero-order valence-electron chi connectivity index (χ0n) is 13.3. The predicted molar refractivity (Wildman–Crippen MR) is 78.8 cm³/mol. The largest absolute Gasteiger partial charge is 0.339 e. The molecule has 1 aliphatic rings. The van der Waals surface area contributed by atoms with Crippen molar-refractivity contribution in [3.8, 4) is 0 Å². The van der Waals surface area contributed by atoms with Crippen LogP contribution in [0.1, 0.15) is 63.1 Å². The summed E-state index contributed by atoms with van der Waals surface area (Å²) in [7, 11) is 0. The first-order valence-electron chi connectivity index (χ1n) is 8.13. The van der Waals surface area contributed by atoms with Crippen molar-refractivity contribution in [3.05, 3.63) is 17.5 Å². The van der Waals surface area contributed by atoms with Gasteiger partial charge < -0.3 is 4.52 Å². The third-order valence-electron chi connectivity index (χ3n) is 4.12. The Labute approximate surface area is 129 Å². The fourth-order valence-electron chi connectivity index (χ4n) is 2.85. The van der Waals surface area contributed by atoms with E-state index in [0.29, 0.717) is 5.89 Å². The number of aromatic nitrogens is 6. The van der Waals surface area contributed by atoms with E-state index in [9.17, 15) is 0 Å². The Morgan fingerprint density at radius 1 is 1.32 bits per heavy atom. The van der Waals surface area contributed by atoms with E-state index in [-0.39, 0.29) is 6.04 Å². The van der Waals surface area contributed by atoms with Gasteiger partial charge in [0.05, 0.1) is 12.6 Å². The van der Waals surface area contributed by atoms with Crippen molar-refractivity contribution < 1.29 is 4.52 Å². The molecule has 120 valence electrons. The second-order valence-electron chi connectivity index (χ2n) is 5.70. The lowest BCUT2D eigenvalue weighted by atomic mass is 10.2. The fraction of sp³-hybridized carbons (Fsp3) is 0.786. The Morgan fingerprint density at radius 3 is 3.00 bits per heavy atom. The average Bonchev–Trinajstić information content (AvgIpc) is 3.26. The van der Waals surface area contributed by atoms with E-state index in [1.165, 1.54) is 0 Å². The quantitative estimate of drug-likeness (QED) is 0.770. The molecule has 0 radical (unpaired) electrons. The molecule has 0 spiro atoms. The van der Waals surface area contributed by atoms with Crippen LogP contribution in [0.15, 0.2) is 4.52 Å². The number of hydrogen-bond acceptors (Lipinski definition) is 7. The van der Waals surface area contributed by atoms with Gasteiger partial charge in [-0.15, -0.1) is 5.10 Å². The predicted octanol–water partition coefficient (Wildman–Crippen LogP) is 1.76. The molecular formula is C14H23N7O. The van der Waals surface area contributed by atoms with Crippen LogP contribution in [0.25, 0.3) is 0 Å². The number of rotatable bonds is 7. The van der Waals surface area contributed by atoms with E-state index in [2.05, 4.69) is 37.5 Å². The molecule has 0 bridgehead atoms. The maximum Gasteiger partial charge on any atom is 0.226 e. The smallest absolute Gasteiger partial charge is 0.226 e. The highest BCUT2D eigenvalue weighted by Gasteiger charge is 2.31. The van der Waals surface area contributed by atoms with Gasteiger partial charge in [-0.05, 0) is 36.2 Å². The summed E-state index contributed by atoms with van der Waals surface area (Å²) in [6.07, 6.45) is 5.19. The third-order valence-corrected chi connectivity index (χ3v) is 4.12. The number of nitrogens with zero attached hydrogens (tertiary/aromatic N) is 7. The van der Waals surface area contributed by atoms with Crippen LogP contribution in [0, 0.1) is 0 Å². The lowest BCUT2D eigenvalue weighted by Gasteiger charge is -2.20. The zero-order valence-corrected chi connectivity index (χ0v) is 13.3. The highest BCUT2D eigenvalue weighted by Crippen LogP contribution is 2.31. The molecular weight excluding hydrogens is 282 g/mol. The first-order chi connectivity index (χ1) is 10.8. The van der Waals surface area contributed by atoms with Gasteiger partial charge in [0.25, 0.3) is 0 Å². The van der Waals surface area contributed by atoms with Crippen molar-refractivity contribution in [1.29, 1.82) is 0 Å². The molecule has 0 unspecified atom stereocenters. The minimum absolute atomic E-state index is 0.209.